The lowest BCUT2D eigenvalue weighted by Crippen LogP contribution is -2.11. The molecule has 0 bridgehead atoms. The van der Waals surface area contributed by atoms with Gasteiger partial charge in [0.05, 0.1) is 11.1 Å². The molecule has 2 aromatic rings. The minimum Gasteiger partial charge on any atom is -0.292 e. The third kappa shape index (κ3) is 3.29. The van der Waals surface area contributed by atoms with Gasteiger partial charge in [0.15, 0.2) is 5.78 Å². The molecule has 0 amide bonds. The molecule has 0 spiro atoms. The van der Waals surface area contributed by atoms with Crippen LogP contribution in [-0.2, 0) is 0 Å². The summed E-state index contributed by atoms with van der Waals surface area (Å²) in [4.78, 5) is 12.4. The van der Waals surface area contributed by atoms with Crippen molar-refractivity contribution < 1.29 is 4.79 Å². The SMILES string of the molecule is N#CC(C(=O)c1ccc(Cl)c(Br)c1)c1ccc(Br)cc1. The smallest absolute Gasteiger partial charge is 0.184 e. The van der Waals surface area contributed by atoms with Crippen molar-refractivity contribution in [2.75, 3.05) is 0 Å². The molecule has 0 saturated carbocycles. The molecule has 1 unspecified atom stereocenters. The van der Waals surface area contributed by atoms with Crippen LogP contribution in [0.25, 0.3) is 0 Å². The molecule has 2 aromatic carbocycles. The van der Waals surface area contributed by atoms with Gasteiger partial charge in [-0.1, -0.05) is 39.7 Å². The predicted octanol–water partition coefficient (Wildman–Crippen LogP) is 5.36. The first-order chi connectivity index (χ1) is 9.52. The van der Waals surface area contributed by atoms with Gasteiger partial charge in [-0.2, -0.15) is 5.26 Å². The maximum Gasteiger partial charge on any atom is 0.184 e. The van der Waals surface area contributed by atoms with Crippen LogP contribution >= 0.6 is 43.5 Å². The first-order valence-corrected chi connectivity index (χ1v) is 7.63. The molecule has 0 saturated heterocycles. The molecular formula is C15H8Br2ClNO. The van der Waals surface area contributed by atoms with Gasteiger partial charge in [-0.05, 0) is 51.8 Å². The van der Waals surface area contributed by atoms with E-state index in [0.717, 1.165) is 4.47 Å². The van der Waals surface area contributed by atoms with Crippen LogP contribution in [-0.4, -0.2) is 5.78 Å². The van der Waals surface area contributed by atoms with E-state index in [0.29, 0.717) is 20.6 Å². The summed E-state index contributed by atoms with van der Waals surface area (Å²) in [6.45, 7) is 0. The van der Waals surface area contributed by atoms with Gasteiger partial charge in [0.1, 0.15) is 5.92 Å². The number of Topliss-reactive ketones (excluding diaryl/α,β-unsaturated/α-hetero) is 1. The normalized spacial score (nSPS) is 11.7. The van der Waals surface area contributed by atoms with E-state index in [9.17, 15) is 10.1 Å². The number of carbonyl (C=O) groups excluding carboxylic acids is 1. The van der Waals surface area contributed by atoms with E-state index < -0.39 is 5.92 Å². The fraction of sp³-hybridized carbons (Fsp3) is 0.0667. The van der Waals surface area contributed by atoms with Crippen LogP contribution in [0.2, 0.25) is 5.02 Å². The molecular weight excluding hydrogens is 405 g/mol. The van der Waals surface area contributed by atoms with Gasteiger partial charge < -0.3 is 0 Å². The Labute approximate surface area is 138 Å². The first kappa shape index (κ1) is 15.2. The highest BCUT2D eigenvalue weighted by Crippen LogP contribution is 2.27. The summed E-state index contributed by atoms with van der Waals surface area (Å²) in [6.07, 6.45) is 0. The van der Waals surface area contributed by atoms with Crippen LogP contribution in [0.5, 0.6) is 0 Å². The second kappa shape index (κ2) is 6.53. The summed E-state index contributed by atoms with van der Waals surface area (Å²) in [5.41, 5.74) is 1.13. The first-order valence-electron chi connectivity index (χ1n) is 5.67. The highest BCUT2D eigenvalue weighted by molar-refractivity contribution is 9.10. The maximum absolute atomic E-state index is 12.4. The van der Waals surface area contributed by atoms with Crippen molar-refractivity contribution in [2.45, 2.75) is 5.92 Å². The van der Waals surface area contributed by atoms with Crippen molar-refractivity contribution in [3.63, 3.8) is 0 Å². The lowest BCUT2D eigenvalue weighted by Gasteiger charge is -2.09. The molecule has 0 aliphatic carbocycles. The Kier molecular flexibility index (Phi) is 4.98. The molecule has 2 rings (SSSR count). The molecule has 0 radical (unpaired) electrons. The number of hydrogen-bond acceptors (Lipinski definition) is 2. The summed E-state index contributed by atoms with van der Waals surface area (Å²) in [5.74, 6) is -1.07. The summed E-state index contributed by atoms with van der Waals surface area (Å²) in [7, 11) is 0. The summed E-state index contributed by atoms with van der Waals surface area (Å²) in [6, 6.07) is 14.1. The summed E-state index contributed by atoms with van der Waals surface area (Å²) < 4.78 is 1.54. The number of ketones is 1. The average Bonchev–Trinajstić information content (AvgIpc) is 2.44. The third-order valence-corrected chi connectivity index (χ3v) is 4.54. The van der Waals surface area contributed by atoms with Crippen LogP contribution < -0.4 is 0 Å². The highest BCUT2D eigenvalue weighted by Gasteiger charge is 2.22. The lowest BCUT2D eigenvalue weighted by atomic mass is 9.92. The van der Waals surface area contributed by atoms with Gasteiger partial charge in [0.2, 0.25) is 0 Å². The highest BCUT2D eigenvalue weighted by atomic mass is 79.9. The molecule has 100 valence electrons. The largest absolute Gasteiger partial charge is 0.292 e. The Bertz CT molecular complexity index is 692. The molecule has 1 atom stereocenters. The topological polar surface area (TPSA) is 40.9 Å². The van der Waals surface area contributed by atoms with Crippen LogP contribution in [0, 0.1) is 11.3 Å². The van der Waals surface area contributed by atoms with E-state index in [-0.39, 0.29) is 5.78 Å². The molecule has 0 N–H and O–H groups in total. The van der Waals surface area contributed by atoms with Crippen LogP contribution in [0.3, 0.4) is 0 Å². The number of rotatable bonds is 3. The Balaban J connectivity index is 2.36. The Morgan fingerprint density at radius 2 is 1.80 bits per heavy atom. The van der Waals surface area contributed by atoms with Gasteiger partial charge in [0.25, 0.3) is 0 Å². The van der Waals surface area contributed by atoms with Crippen LogP contribution in [0.15, 0.2) is 51.4 Å². The Morgan fingerprint density at radius 3 is 2.35 bits per heavy atom. The molecule has 0 heterocycles. The molecule has 0 aromatic heterocycles. The number of benzene rings is 2. The zero-order chi connectivity index (χ0) is 14.7. The van der Waals surface area contributed by atoms with E-state index in [4.69, 9.17) is 11.6 Å². The van der Waals surface area contributed by atoms with Crippen molar-refractivity contribution in [1.82, 2.24) is 0 Å². The van der Waals surface area contributed by atoms with Gasteiger partial charge in [-0.3, -0.25) is 4.79 Å². The second-order valence-corrected chi connectivity index (χ2v) is 6.28. The zero-order valence-corrected chi connectivity index (χ0v) is 14.0. The Hall–Kier alpha value is -1.15. The van der Waals surface area contributed by atoms with Crippen LogP contribution in [0.1, 0.15) is 21.8 Å². The van der Waals surface area contributed by atoms with Crippen LogP contribution in [0.4, 0.5) is 0 Å². The number of nitriles is 1. The molecule has 20 heavy (non-hydrogen) atoms. The predicted molar refractivity (Wildman–Crippen MR) is 86.0 cm³/mol. The lowest BCUT2D eigenvalue weighted by molar-refractivity contribution is 0.0979. The average molecular weight is 413 g/mol. The maximum atomic E-state index is 12.4. The van der Waals surface area contributed by atoms with Crippen molar-refractivity contribution >= 4 is 49.2 Å². The molecule has 0 aliphatic heterocycles. The monoisotopic (exact) mass is 411 g/mol. The number of nitrogens with zero attached hydrogens (tertiary/aromatic N) is 1. The van der Waals surface area contributed by atoms with E-state index in [2.05, 4.69) is 37.9 Å². The third-order valence-electron chi connectivity index (χ3n) is 2.80. The van der Waals surface area contributed by atoms with Gasteiger partial charge in [-0.25, -0.2) is 0 Å². The molecule has 0 fully saturated rings. The summed E-state index contributed by atoms with van der Waals surface area (Å²) in [5, 5.41) is 9.81. The van der Waals surface area contributed by atoms with E-state index in [1.54, 1.807) is 30.3 Å². The van der Waals surface area contributed by atoms with Gasteiger partial charge in [0, 0.05) is 14.5 Å². The summed E-state index contributed by atoms with van der Waals surface area (Å²) >= 11 is 12.5. The van der Waals surface area contributed by atoms with Crippen molar-refractivity contribution in [3.8, 4) is 6.07 Å². The fourth-order valence-corrected chi connectivity index (χ4v) is 2.52. The second-order valence-electron chi connectivity index (χ2n) is 4.11. The van der Waals surface area contributed by atoms with Crippen molar-refractivity contribution in [1.29, 1.82) is 5.26 Å². The minimum absolute atomic E-state index is 0.243. The number of carbonyl (C=O) groups is 1. The van der Waals surface area contributed by atoms with E-state index >= 15 is 0 Å². The quantitative estimate of drug-likeness (QED) is 0.636. The van der Waals surface area contributed by atoms with E-state index in [1.165, 1.54) is 0 Å². The van der Waals surface area contributed by atoms with E-state index in [1.807, 2.05) is 12.1 Å². The molecule has 2 nitrogen and oxygen atoms in total. The Morgan fingerprint density at radius 1 is 1.15 bits per heavy atom. The van der Waals surface area contributed by atoms with Gasteiger partial charge >= 0.3 is 0 Å². The standard InChI is InChI=1S/C15H8Br2ClNO/c16-11-4-1-9(2-5-11)12(8-19)15(20)10-3-6-14(18)13(17)7-10/h1-7,12H. The number of hydrogen-bond donors (Lipinski definition) is 0. The molecule has 0 aliphatic rings. The molecule has 5 heteroatoms. The zero-order valence-electron chi connectivity index (χ0n) is 10.1. The van der Waals surface area contributed by atoms with Crippen molar-refractivity contribution in [3.05, 3.63) is 67.6 Å². The van der Waals surface area contributed by atoms with Gasteiger partial charge in [-0.15, -0.1) is 0 Å². The fourth-order valence-electron chi connectivity index (χ4n) is 1.76. The minimum atomic E-state index is -0.823. The number of halogens is 3. The van der Waals surface area contributed by atoms with Crippen molar-refractivity contribution in [2.24, 2.45) is 0 Å².